The zero-order valence-corrected chi connectivity index (χ0v) is 17.7. The van der Waals surface area contributed by atoms with Gasteiger partial charge in [-0.2, -0.15) is 0 Å². The highest BCUT2D eigenvalue weighted by atomic mass is 32.1. The molecule has 0 fully saturated rings. The lowest BCUT2D eigenvalue weighted by Gasteiger charge is -2.12. The van der Waals surface area contributed by atoms with E-state index in [0.29, 0.717) is 12.8 Å². The van der Waals surface area contributed by atoms with E-state index in [0.717, 1.165) is 43.5 Å². The zero-order chi connectivity index (χ0) is 20.9. The van der Waals surface area contributed by atoms with Gasteiger partial charge in [0.1, 0.15) is 11.5 Å². The molecule has 152 valence electrons. The number of hydrogen-bond acceptors (Lipinski definition) is 5. The van der Waals surface area contributed by atoms with Crippen molar-refractivity contribution in [1.29, 1.82) is 0 Å². The number of methoxy groups -OCH3 is 2. The Hall–Kier alpha value is -3.38. The number of carbonyl (C=O) groups is 1. The summed E-state index contributed by atoms with van der Waals surface area (Å²) >= 11 is 1.64. The molecule has 0 saturated heterocycles. The molecule has 5 nitrogen and oxygen atoms in total. The second-order valence-corrected chi connectivity index (χ2v) is 7.88. The normalized spacial score (nSPS) is 10.7. The van der Waals surface area contributed by atoms with E-state index in [1.165, 1.54) is 0 Å². The second-order valence-electron chi connectivity index (χ2n) is 6.77. The molecule has 0 aliphatic carbocycles. The summed E-state index contributed by atoms with van der Waals surface area (Å²) in [5, 5.41) is 3.96. The highest BCUT2D eigenvalue weighted by molar-refractivity contribution is 7.18. The maximum absolute atomic E-state index is 12.5. The summed E-state index contributed by atoms with van der Waals surface area (Å²) in [5.74, 6) is 1.49. The fraction of sp³-hybridized carbons (Fsp3) is 0.167. The third-order valence-electron chi connectivity index (χ3n) is 4.79. The molecule has 0 radical (unpaired) electrons. The van der Waals surface area contributed by atoms with E-state index in [1.807, 2.05) is 60.7 Å². The molecular formula is C24H22N2O3S. The summed E-state index contributed by atoms with van der Waals surface area (Å²) in [6.45, 7) is 0. The third-order valence-corrected chi connectivity index (χ3v) is 5.88. The van der Waals surface area contributed by atoms with Gasteiger partial charge in [0, 0.05) is 24.1 Å². The SMILES string of the molecule is COc1ccc(-c2cc(NC(=O)CCc3nc4ccccc4s3)ccc2OC)cc1. The molecule has 0 bridgehead atoms. The Kier molecular flexibility index (Phi) is 5.95. The van der Waals surface area contributed by atoms with Crippen LogP contribution in [0.2, 0.25) is 0 Å². The first-order chi connectivity index (χ1) is 14.7. The van der Waals surface area contributed by atoms with Gasteiger partial charge in [0.05, 0.1) is 29.4 Å². The fourth-order valence-electron chi connectivity index (χ4n) is 3.25. The first-order valence-electron chi connectivity index (χ1n) is 9.63. The summed E-state index contributed by atoms with van der Waals surface area (Å²) in [5.41, 5.74) is 3.61. The number of nitrogens with one attached hydrogen (secondary N) is 1. The molecule has 30 heavy (non-hydrogen) atoms. The summed E-state index contributed by atoms with van der Waals surface area (Å²) < 4.78 is 11.9. The molecule has 1 aromatic heterocycles. The van der Waals surface area contributed by atoms with Crippen molar-refractivity contribution in [3.63, 3.8) is 0 Å². The number of fused-ring (bicyclic) bond motifs is 1. The van der Waals surface area contributed by atoms with E-state index in [-0.39, 0.29) is 5.91 Å². The van der Waals surface area contributed by atoms with Crippen LogP contribution in [0.25, 0.3) is 21.3 Å². The maximum Gasteiger partial charge on any atom is 0.224 e. The predicted octanol–water partition coefficient (Wildman–Crippen LogP) is 5.55. The van der Waals surface area contributed by atoms with E-state index in [2.05, 4.69) is 16.4 Å². The predicted molar refractivity (Wildman–Crippen MR) is 122 cm³/mol. The third kappa shape index (κ3) is 4.44. The molecule has 3 aromatic carbocycles. The summed E-state index contributed by atoms with van der Waals surface area (Å²) in [6.07, 6.45) is 0.996. The number of benzene rings is 3. The van der Waals surface area contributed by atoms with Gasteiger partial charge in [-0.05, 0) is 48.0 Å². The average molecular weight is 419 g/mol. The molecule has 1 heterocycles. The summed E-state index contributed by atoms with van der Waals surface area (Å²) in [4.78, 5) is 17.1. The van der Waals surface area contributed by atoms with Gasteiger partial charge in [-0.15, -0.1) is 11.3 Å². The Bertz CT molecular complexity index is 1140. The first-order valence-corrected chi connectivity index (χ1v) is 10.4. The van der Waals surface area contributed by atoms with Gasteiger partial charge in [0.2, 0.25) is 5.91 Å². The van der Waals surface area contributed by atoms with Crippen LogP contribution in [-0.2, 0) is 11.2 Å². The molecular weight excluding hydrogens is 396 g/mol. The van der Waals surface area contributed by atoms with Crippen LogP contribution in [0.5, 0.6) is 11.5 Å². The standard InChI is InChI=1S/C24H22N2O3S/c1-28-18-10-7-16(8-11-18)19-15-17(9-12-21(19)29-2)25-23(27)13-14-24-26-20-5-3-4-6-22(20)30-24/h3-12,15H,13-14H2,1-2H3,(H,25,27). The van der Waals surface area contributed by atoms with Crippen LogP contribution in [0.15, 0.2) is 66.7 Å². The topological polar surface area (TPSA) is 60.5 Å². The van der Waals surface area contributed by atoms with E-state index < -0.39 is 0 Å². The number of carbonyl (C=O) groups excluding carboxylic acids is 1. The van der Waals surface area contributed by atoms with Crippen LogP contribution in [0.4, 0.5) is 5.69 Å². The van der Waals surface area contributed by atoms with Crippen LogP contribution >= 0.6 is 11.3 Å². The molecule has 1 amide bonds. The van der Waals surface area contributed by atoms with E-state index in [9.17, 15) is 4.79 Å². The average Bonchev–Trinajstić information content (AvgIpc) is 3.21. The quantitative estimate of drug-likeness (QED) is 0.427. The van der Waals surface area contributed by atoms with Gasteiger partial charge < -0.3 is 14.8 Å². The molecule has 6 heteroatoms. The van der Waals surface area contributed by atoms with Gasteiger partial charge in [-0.3, -0.25) is 4.79 Å². The molecule has 0 aliphatic rings. The largest absolute Gasteiger partial charge is 0.497 e. The molecule has 4 aromatic rings. The van der Waals surface area contributed by atoms with Crippen LogP contribution < -0.4 is 14.8 Å². The fourth-order valence-corrected chi connectivity index (χ4v) is 4.22. The van der Waals surface area contributed by atoms with Crippen molar-refractivity contribution in [1.82, 2.24) is 4.98 Å². The Morgan fingerprint density at radius 3 is 2.53 bits per heavy atom. The lowest BCUT2D eigenvalue weighted by atomic mass is 10.0. The van der Waals surface area contributed by atoms with Crippen molar-refractivity contribution in [3.8, 4) is 22.6 Å². The number of para-hydroxylation sites is 1. The molecule has 4 rings (SSSR count). The Labute approximate surface area is 179 Å². The lowest BCUT2D eigenvalue weighted by molar-refractivity contribution is -0.116. The number of hydrogen-bond donors (Lipinski definition) is 1. The van der Waals surface area contributed by atoms with Crippen molar-refractivity contribution in [2.75, 3.05) is 19.5 Å². The van der Waals surface area contributed by atoms with Crippen LogP contribution in [0, 0.1) is 0 Å². The van der Waals surface area contributed by atoms with Gasteiger partial charge in [-0.1, -0.05) is 24.3 Å². The monoisotopic (exact) mass is 418 g/mol. The molecule has 0 spiro atoms. The van der Waals surface area contributed by atoms with Gasteiger partial charge in [0.15, 0.2) is 0 Å². The maximum atomic E-state index is 12.5. The highest BCUT2D eigenvalue weighted by Crippen LogP contribution is 2.33. The number of ether oxygens (including phenoxy) is 2. The first kappa shape index (κ1) is 19.9. The number of amides is 1. The second kappa shape index (κ2) is 8.97. The molecule has 0 saturated carbocycles. The minimum atomic E-state index is -0.0416. The lowest BCUT2D eigenvalue weighted by Crippen LogP contribution is -2.12. The Morgan fingerprint density at radius 1 is 1.00 bits per heavy atom. The Morgan fingerprint density at radius 2 is 1.80 bits per heavy atom. The Balaban J connectivity index is 1.46. The molecule has 1 N–H and O–H groups in total. The number of thiazole rings is 1. The molecule has 0 unspecified atom stereocenters. The number of rotatable bonds is 7. The molecule has 0 aliphatic heterocycles. The summed E-state index contributed by atoms with van der Waals surface area (Å²) in [6, 6.07) is 21.4. The van der Waals surface area contributed by atoms with Crippen molar-refractivity contribution in [2.24, 2.45) is 0 Å². The number of anilines is 1. The van der Waals surface area contributed by atoms with Gasteiger partial charge in [0.25, 0.3) is 0 Å². The van der Waals surface area contributed by atoms with Crippen LogP contribution in [-0.4, -0.2) is 25.1 Å². The van der Waals surface area contributed by atoms with Gasteiger partial charge in [-0.25, -0.2) is 4.98 Å². The zero-order valence-electron chi connectivity index (χ0n) is 16.8. The van der Waals surface area contributed by atoms with Crippen molar-refractivity contribution in [2.45, 2.75) is 12.8 Å². The van der Waals surface area contributed by atoms with Crippen molar-refractivity contribution < 1.29 is 14.3 Å². The molecule has 0 atom stereocenters. The minimum Gasteiger partial charge on any atom is -0.497 e. The van der Waals surface area contributed by atoms with Crippen molar-refractivity contribution >= 4 is 33.1 Å². The highest BCUT2D eigenvalue weighted by Gasteiger charge is 2.11. The van der Waals surface area contributed by atoms with Crippen LogP contribution in [0.1, 0.15) is 11.4 Å². The number of nitrogens with zero attached hydrogens (tertiary/aromatic N) is 1. The number of aromatic nitrogens is 1. The van der Waals surface area contributed by atoms with Gasteiger partial charge >= 0.3 is 0 Å². The minimum absolute atomic E-state index is 0.0416. The number of aryl methyl sites for hydroxylation is 1. The van der Waals surface area contributed by atoms with E-state index in [4.69, 9.17) is 9.47 Å². The van der Waals surface area contributed by atoms with E-state index >= 15 is 0 Å². The van der Waals surface area contributed by atoms with E-state index in [1.54, 1.807) is 25.6 Å². The van der Waals surface area contributed by atoms with Crippen molar-refractivity contribution in [3.05, 3.63) is 71.7 Å². The summed E-state index contributed by atoms with van der Waals surface area (Å²) in [7, 11) is 3.28. The smallest absolute Gasteiger partial charge is 0.224 e. The van der Waals surface area contributed by atoms with Crippen LogP contribution in [0.3, 0.4) is 0 Å².